The molecular weight excluding hydrogens is 380 g/mol. The van der Waals surface area contributed by atoms with Gasteiger partial charge in [0.15, 0.2) is 0 Å². The van der Waals surface area contributed by atoms with Gasteiger partial charge < -0.3 is 14.7 Å². The lowest BCUT2D eigenvalue weighted by atomic mass is 9.81. The highest BCUT2D eigenvalue weighted by atomic mass is 19.3. The van der Waals surface area contributed by atoms with Crippen LogP contribution in [0.15, 0.2) is 36.4 Å². The molecule has 29 heavy (non-hydrogen) atoms. The van der Waals surface area contributed by atoms with Crippen molar-refractivity contribution >= 4 is 5.91 Å². The van der Waals surface area contributed by atoms with Crippen molar-refractivity contribution in [3.8, 4) is 0 Å². The van der Waals surface area contributed by atoms with Crippen LogP contribution in [0.3, 0.4) is 0 Å². The molecule has 0 saturated carbocycles. The first-order valence-electron chi connectivity index (χ1n) is 9.89. The van der Waals surface area contributed by atoms with Gasteiger partial charge in [0.25, 0.3) is 12.3 Å². The summed E-state index contributed by atoms with van der Waals surface area (Å²) in [7, 11) is 1.50. The van der Waals surface area contributed by atoms with Gasteiger partial charge in [-0.1, -0.05) is 30.3 Å². The van der Waals surface area contributed by atoms with E-state index >= 15 is 0 Å². The van der Waals surface area contributed by atoms with Crippen LogP contribution in [-0.2, 0) is 11.8 Å². The maximum atomic E-state index is 12.9. The topological polar surface area (TPSA) is 67.6 Å². The van der Waals surface area contributed by atoms with Crippen LogP contribution in [0, 0.1) is 0 Å². The number of aryl methyl sites for hydroxylation is 1. The fourth-order valence-electron chi connectivity index (χ4n) is 4.43. The van der Waals surface area contributed by atoms with Crippen molar-refractivity contribution in [2.45, 2.75) is 49.9 Å². The molecule has 2 aliphatic rings. The minimum absolute atomic E-state index is 0.156. The van der Waals surface area contributed by atoms with Crippen molar-refractivity contribution in [1.29, 1.82) is 0 Å². The Labute approximate surface area is 168 Å². The summed E-state index contributed by atoms with van der Waals surface area (Å²) >= 11 is 0. The SMILES string of the molecule is Cn1nc(C(F)F)cc1C(=O)N1CCC2(CC1)C[C@H](O)C[C@H](c1ccccc1)O2. The fourth-order valence-corrected chi connectivity index (χ4v) is 4.43. The molecule has 1 spiro atoms. The van der Waals surface area contributed by atoms with Crippen molar-refractivity contribution < 1.29 is 23.4 Å². The molecule has 2 fully saturated rings. The van der Waals surface area contributed by atoms with Crippen LogP contribution in [-0.4, -0.2) is 50.5 Å². The minimum Gasteiger partial charge on any atom is -0.393 e. The van der Waals surface area contributed by atoms with Crippen molar-refractivity contribution in [3.63, 3.8) is 0 Å². The molecule has 2 atom stereocenters. The number of ether oxygens (including phenoxy) is 1. The monoisotopic (exact) mass is 405 g/mol. The number of aliphatic hydroxyl groups excluding tert-OH is 1. The Balaban J connectivity index is 1.45. The van der Waals surface area contributed by atoms with Crippen LogP contribution in [0.1, 0.15) is 60.0 Å². The molecule has 6 nitrogen and oxygen atoms in total. The molecule has 0 aliphatic carbocycles. The van der Waals surface area contributed by atoms with Crippen molar-refractivity contribution in [2.75, 3.05) is 13.1 Å². The molecule has 2 aliphatic heterocycles. The third-order valence-electron chi connectivity index (χ3n) is 5.96. The molecule has 3 heterocycles. The normalized spacial score (nSPS) is 24.2. The van der Waals surface area contributed by atoms with Crippen LogP contribution in [0.25, 0.3) is 0 Å². The number of alkyl halides is 2. The number of likely N-dealkylation sites (tertiary alicyclic amines) is 1. The number of benzene rings is 1. The van der Waals surface area contributed by atoms with E-state index in [9.17, 15) is 18.7 Å². The molecule has 0 unspecified atom stereocenters. The summed E-state index contributed by atoms with van der Waals surface area (Å²) in [5, 5.41) is 14.2. The Hall–Kier alpha value is -2.32. The largest absolute Gasteiger partial charge is 0.393 e. The van der Waals surface area contributed by atoms with Gasteiger partial charge in [0.05, 0.1) is 17.8 Å². The Morgan fingerprint density at radius 3 is 2.59 bits per heavy atom. The van der Waals surface area contributed by atoms with E-state index in [0.717, 1.165) is 11.6 Å². The molecular formula is C21H25F2N3O3. The summed E-state index contributed by atoms with van der Waals surface area (Å²) < 4.78 is 33.4. The second kappa shape index (κ2) is 7.84. The van der Waals surface area contributed by atoms with Crippen molar-refractivity contribution in [3.05, 3.63) is 53.3 Å². The number of aliphatic hydroxyl groups is 1. The average molecular weight is 405 g/mol. The first-order valence-corrected chi connectivity index (χ1v) is 9.89. The number of piperidine rings is 1. The highest BCUT2D eigenvalue weighted by Crippen LogP contribution is 2.43. The summed E-state index contributed by atoms with van der Waals surface area (Å²) in [6, 6.07) is 11.0. The van der Waals surface area contributed by atoms with Gasteiger partial charge in [-0.15, -0.1) is 0 Å². The zero-order valence-electron chi connectivity index (χ0n) is 16.3. The van der Waals surface area contributed by atoms with E-state index in [0.29, 0.717) is 38.8 Å². The van der Waals surface area contributed by atoms with Gasteiger partial charge in [-0.05, 0) is 24.5 Å². The molecule has 2 aromatic rings. The number of hydrogen-bond acceptors (Lipinski definition) is 4. The average Bonchev–Trinajstić information content (AvgIpc) is 3.10. The van der Waals surface area contributed by atoms with Crippen LogP contribution in [0.4, 0.5) is 8.78 Å². The predicted octanol–water partition coefficient (Wildman–Crippen LogP) is 3.25. The molecule has 8 heteroatoms. The molecule has 0 bridgehead atoms. The highest BCUT2D eigenvalue weighted by Gasteiger charge is 2.44. The van der Waals surface area contributed by atoms with Crippen molar-refractivity contribution in [2.24, 2.45) is 7.05 Å². The third-order valence-corrected chi connectivity index (χ3v) is 5.96. The lowest BCUT2D eigenvalue weighted by Crippen LogP contribution is -2.52. The standard InChI is InChI=1S/C21H25F2N3O3/c1-25-17(12-16(24-25)19(22)23)20(28)26-9-7-21(8-10-26)13-15(27)11-18(29-21)14-5-3-2-4-6-14/h2-6,12,15,18-19,27H,7-11,13H2,1H3/t15-,18-/m1/s1. The van der Waals surface area contributed by atoms with Crippen LogP contribution in [0.5, 0.6) is 0 Å². The second-order valence-electron chi connectivity index (χ2n) is 7.96. The number of halogens is 2. The Kier molecular flexibility index (Phi) is 5.40. The highest BCUT2D eigenvalue weighted by molar-refractivity contribution is 5.92. The number of hydrogen-bond donors (Lipinski definition) is 1. The maximum absolute atomic E-state index is 12.9. The number of carbonyl (C=O) groups is 1. The van der Waals surface area contributed by atoms with Gasteiger partial charge in [-0.25, -0.2) is 8.78 Å². The molecule has 1 N–H and O–H groups in total. The summed E-state index contributed by atoms with van der Waals surface area (Å²) in [6.07, 6.45) is -1.05. The Morgan fingerprint density at radius 1 is 1.28 bits per heavy atom. The maximum Gasteiger partial charge on any atom is 0.282 e. The summed E-state index contributed by atoms with van der Waals surface area (Å²) in [4.78, 5) is 14.5. The molecule has 1 aromatic heterocycles. The molecule has 1 amide bonds. The second-order valence-corrected chi connectivity index (χ2v) is 7.96. The van der Waals surface area contributed by atoms with Crippen molar-refractivity contribution in [1.82, 2.24) is 14.7 Å². The number of aromatic nitrogens is 2. The van der Waals surface area contributed by atoms with Crippen LogP contribution >= 0.6 is 0 Å². The smallest absolute Gasteiger partial charge is 0.282 e. The summed E-state index contributed by atoms with van der Waals surface area (Å²) in [6.45, 7) is 0.893. The molecule has 0 radical (unpaired) electrons. The van der Waals surface area contributed by atoms with Gasteiger partial charge in [0.1, 0.15) is 11.4 Å². The van der Waals surface area contributed by atoms with Crippen LogP contribution < -0.4 is 0 Å². The number of nitrogens with zero attached hydrogens (tertiary/aromatic N) is 3. The van der Waals surface area contributed by atoms with Gasteiger partial charge in [-0.2, -0.15) is 5.10 Å². The lowest BCUT2D eigenvalue weighted by Gasteiger charge is -2.48. The van der Waals surface area contributed by atoms with E-state index in [-0.39, 0.29) is 17.7 Å². The molecule has 1 aromatic carbocycles. The minimum atomic E-state index is -2.71. The van der Waals surface area contributed by atoms with E-state index < -0.39 is 23.8 Å². The molecule has 4 rings (SSSR count). The van der Waals surface area contributed by atoms with Gasteiger partial charge in [-0.3, -0.25) is 9.48 Å². The number of rotatable bonds is 3. The lowest BCUT2D eigenvalue weighted by molar-refractivity contribution is -0.181. The van der Waals surface area contributed by atoms with E-state index in [1.54, 1.807) is 4.90 Å². The number of carbonyl (C=O) groups excluding carboxylic acids is 1. The van der Waals surface area contributed by atoms with E-state index in [2.05, 4.69) is 5.10 Å². The number of amides is 1. The molecule has 2 saturated heterocycles. The molecule has 156 valence electrons. The van der Waals surface area contributed by atoms with E-state index in [1.165, 1.54) is 11.7 Å². The first-order chi connectivity index (χ1) is 13.9. The van der Waals surface area contributed by atoms with Crippen LogP contribution in [0.2, 0.25) is 0 Å². The Bertz CT molecular complexity index is 863. The zero-order valence-corrected chi connectivity index (χ0v) is 16.3. The zero-order chi connectivity index (χ0) is 20.6. The quantitative estimate of drug-likeness (QED) is 0.851. The van der Waals surface area contributed by atoms with E-state index in [4.69, 9.17) is 4.74 Å². The summed E-state index contributed by atoms with van der Waals surface area (Å²) in [5.41, 5.74) is 0.325. The predicted molar refractivity (Wildman–Crippen MR) is 102 cm³/mol. The van der Waals surface area contributed by atoms with Gasteiger partial charge in [0.2, 0.25) is 0 Å². The fraction of sp³-hybridized carbons (Fsp3) is 0.524. The summed E-state index contributed by atoms with van der Waals surface area (Å²) in [5.74, 6) is -0.308. The van der Waals surface area contributed by atoms with Gasteiger partial charge in [0, 0.05) is 33.0 Å². The third kappa shape index (κ3) is 4.04. The van der Waals surface area contributed by atoms with Gasteiger partial charge >= 0.3 is 0 Å². The first kappa shape index (κ1) is 20.0. The van der Waals surface area contributed by atoms with E-state index in [1.807, 2.05) is 30.3 Å². The Morgan fingerprint density at radius 2 is 1.97 bits per heavy atom.